The molecule has 0 unspecified atom stereocenters. The molecular weight excluding hydrogens is 282 g/mol. The van der Waals surface area contributed by atoms with E-state index in [0.29, 0.717) is 6.54 Å². The van der Waals surface area contributed by atoms with Crippen LogP contribution >= 0.6 is 0 Å². The van der Waals surface area contributed by atoms with E-state index in [9.17, 15) is 13.2 Å². The summed E-state index contributed by atoms with van der Waals surface area (Å²) < 4.78 is 32.4. The van der Waals surface area contributed by atoms with Crippen molar-refractivity contribution in [1.29, 1.82) is 0 Å². The molecule has 0 aromatic carbocycles. The zero-order valence-corrected chi connectivity index (χ0v) is 13.3. The highest BCUT2D eigenvalue weighted by atomic mass is 32.2. The second-order valence-corrected chi connectivity index (χ2v) is 7.40. The Labute approximate surface area is 121 Å². The van der Waals surface area contributed by atoms with Gasteiger partial charge in [-0.15, -0.1) is 0 Å². The predicted molar refractivity (Wildman–Crippen MR) is 76.4 cm³/mol. The van der Waals surface area contributed by atoms with Crippen LogP contribution in [0.15, 0.2) is 0 Å². The molecule has 1 saturated heterocycles. The average Bonchev–Trinajstić information content (AvgIpc) is 2.43. The maximum absolute atomic E-state index is 12.1. The Kier molecular flexibility index (Phi) is 6.38. The number of carbonyl (C=O) groups excluding carboxylic acids is 1. The predicted octanol–water partition coefficient (Wildman–Crippen LogP) is -0.295. The van der Waals surface area contributed by atoms with Gasteiger partial charge in [0.2, 0.25) is 0 Å². The molecule has 0 radical (unpaired) electrons. The fourth-order valence-electron chi connectivity index (χ4n) is 2.05. The van der Waals surface area contributed by atoms with Crippen LogP contribution in [0, 0.1) is 5.41 Å². The van der Waals surface area contributed by atoms with Crippen LogP contribution in [0.25, 0.3) is 0 Å². The standard InChI is InChI=1S/C12H25N3O4S/c1-12(5-7-13-8-6-12)10-14-20(17,18)15(2)9-4-11(16)19-3/h13-14H,4-10H2,1-3H3. The largest absolute Gasteiger partial charge is 0.469 e. The molecule has 0 atom stereocenters. The molecule has 20 heavy (non-hydrogen) atoms. The summed E-state index contributed by atoms with van der Waals surface area (Å²) in [6.45, 7) is 4.44. The summed E-state index contributed by atoms with van der Waals surface area (Å²) >= 11 is 0. The van der Waals surface area contributed by atoms with Crippen molar-refractivity contribution in [3.05, 3.63) is 0 Å². The number of nitrogens with zero attached hydrogens (tertiary/aromatic N) is 1. The Morgan fingerprint density at radius 3 is 2.55 bits per heavy atom. The number of rotatable bonds is 7. The highest BCUT2D eigenvalue weighted by Crippen LogP contribution is 2.26. The van der Waals surface area contributed by atoms with E-state index in [1.165, 1.54) is 14.2 Å². The van der Waals surface area contributed by atoms with Crippen molar-refractivity contribution < 1.29 is 17.9 Å². The number of carbonyl (C=O) groups is 1. The minimum atomic E-state index is -3.55. The van der Waals surface area contributed by atoms with Gasteiger partial charge in [0.05, 0.1) is 13.5 Å². The maximum atomic E-state index is 12.1. The summed E-state index contributed by atoms with van der Waals surface area (Å²) in [7, 11) is -0.807. The van der Waals surface area contributed by atoms with Crippen LogP contribution in [0.2, 0.25) is 0 Å². The summed E-state index contributed by atoms with van der Waals surface area (Å²) in [5, 5.41) is 3.26. The molecule has 1 heterocycles. The third-order valence-corrected chi connectivity index (χ3v) is 5.27. The number of methoxy groups -OCH3 is 1. The van der Waals surface area contributed by atoms with Gasteiger partial charge in [-0.2, -0.15) is 12.7 Å². The fraction of sp³-hybridized carbons (Fsp3) is 0.917. The van der Waals surface area contributed by atoms with E-state index in [0.717, 1.165) is 30.2 Å². The Balaban J connectivity index is 2.45. The van der Waals surface area contributed by atoms with E-state index in [1.807, 2.05) is 0 Å². The van der Waals surface area contributed by atoms with Crippen LogP contribution in [-0.2, 0) is 19.7 Å². The molecule has 0 aromatic heterocycles. The van der Waals surface area contributed by atoms with Crippen LogP contribution in [0.3, 0.4) is 0 Å². The fourth-order valence-corrected chi connectivity index (χ4v) is 3.14. The van der Waals surface area contributed by atoms with Gasteiger partial charge in [-0.25, -0.2) is 4.72 Å². The van der Waals surface area contributed by atoms with Gasteiger partial charge in [0.1, 0.15) is 0 Å². The lowest BCUT2D eigenvalue weighted by Crippen LogP contribution is -2.46. The summed E-state index contributed by atoms with van der Waals surface area (Å²) in [5.41, 5.74) is -0.0124. The SMILES string of the molecule is COC(=O)CCN(C)S(=O)(=O)NCC1(C)CCNCC1. The lowest BCUT2D eigenvalue weighted by atomic mass is 9.81. The monoisotopic (exact) mass is 307 g/mol. The lowest BCUT2D eigenvalue weighted by molar-refractivity contribution is -0.140. The number of esters is 1. The molecule has 0 aliphatic carbocycles. The molecule has 0 amide bonds. The molecule has 0 bridgehead atoms. The zero-order valence-electron chi connectivity index (χ0n) is 12.4. The van der Waals surface area contributed by atoms with Gasteiger partial charge in [0, 0.05) is 20.1 Å². The highest BCUT2D eigenvalue weighted by molar-refractivity contribution is 7.87. The molecule has 1 aliphatic rings. The number of hydrogen-bond acceptors (Lipinski definition) is 5. The molecule has 8 heteroatoms. The van der Waals surface area contributed by atoms with Crippen molar-refractivity contribution >= 4 is 16.2 Å². The zero-order chi connectivity index (χ0) is 15.2. The smallest absolute Gasteiger partial charge is 0.306 e. The summed E-state index contributed by atoms with van der Waals surface area (Å²) in [5.74, 6) is -0.419. The minimum absolute atomic E-state index is 0.0124. The molecule has 0 aromatic rings. The summed E-state index contributed by atoms with van der Waals surface area (Å²) in [6.07, 6.45) is 1.94. The first-order valence-corrected chi connectivity index (χ1v) is 8.21. The van der Waals surface area contributed by atoms with Gasteiger partial charge in [-0.3, -0.25) is 4.79 Å². The highest BCUT2D eigenvalue weighted by Gasteiger charge is 2.29. The van der Waals surface area contributed by atoms with E-state index in [4.69, 9.17) is 0 Å². The van der Waals surface area contributed by atoms with E-state index >= 15 is 0 Å². The molecule has 1 aliphatic heterocycles. The van der Waals surface area contributed by atoms with Gasteiger partial charge < -0.3 is 10.1 Å². The molecule has 1 rings (SSSR count). The molecule has 7 nitrogen and oxygen atoms in total. The molecule has 118 valence electrons. The van der Waals surface area contributed by atoms with Crippen molar-refractivity contribution in [2.45, 2.75) is 26.2 Å². The minimum Gasteiger partial charge on any atom is -0.469 e. The molecule has 0 spiro atoms. The van der Waals surface area contributed by atoms with Crippen molar-refractivity contribution in [2.75, 3.05) is 40.3 Å². The Morgan fingerprint density at radius 1 is 1.40 bits per heavy atom. The molecule has 1 fully saturated rings. The quantitative estimate of drug-likeness (QED) is 0.631. The van der Waals surface area contributed by atoms with Crippen molar-refractivity contribution in [3.63, 3.8) is 0 Å². The van der Waals surface area contributed by atoms with E-state index in [-0.39, 0.29) is 18.4 Å². The van der Waals surface area contributed by atoms with Gasteiger partial charge in [0.25, 0.3) is 10.2 Å². The number of ether oxygens (including phenoxy) is 1. The van der Waals surface area contributed by atoms with E-state index < -0.39 is 16.2 Å². The first-order valence-electron chi connectivity index (χ1n) is 6.77. The van der Waals surface area contributed by atoms with Crippen LogP contribution < -0.4 is 10.0 Å². The van der Waals surface area contributed by atoms with Crippen LogP contribution in [-0.4, -0.2) is 59.0 Å². The van der Waals surface area contributed by atoms with Gasteiger partial charge in [-0.05, 0) is 31.3 Å². The Bertz CT molecular complexity index is 418. The second kappa shape index (κ2) is 7.35. The molecular formula is C12H25N3O4S. The van der Waals surface area contributed by atoms with E-state index in [2.05, 4.69) is 21.7 Å². The van der Waals surface area contributed by atoms with Gasteiger partial charge >= 0.3 is 5.97 Å². The van der Waals surface area contributed by atoms with Crippen molar-refractivity contribution in [2.24, 2.45) is 5.41 Å². The summed E-state index contributed by atoms with van der Waals surface area (Å²) in [4.78, 5) is 11.0. The van der Waals surface area contributed by atoms with Crippen LogP contribution in [0.5, 0.6) is 0 Å². The third-order valence-electron chi connectivity index (χ3n) is 3.76. The molecule has 2 N–H and O–H groups in total. The first kappa shape index (κ1) is 17.4. The Hall–Kier alpha value is -0.700. The number of piperidine rings is 1. The van der Waals surface area contributed by atoms with Crippen LogP contribution in [0.4, 0.5) is 0 Å². The maximum Gasteiger partial charge on any atom is 0.306 e. The normalized spacial score (nSPS) is 19.0. The topological polar surface area (TPSA) is 87.7 Å². The van der Waals surface area contributed by atoms with Gasteiger partial charge in [-0.1, -0.05) is 6.92 Å². The molecule has 0 saturated carbocycles. The number of nitrogens with one attached hydrogen (secondary N) is 2. The number of hydrogen-bond donors (Lipinski definition) is 2. The van der Waals surface area contributed by atoms with Crippen molar-refractivity contribution in [3.8, 4) is 0 Å². The average molecular weight is 307 g/mol. The third kappa shape index (κ3) is 5.35. The van der Waals surface area contributed by atoms with Crippen LogP contribution in [0.1, 0.15) is 26.2 Å². The van der Waals surface area contributed by atoms with E-state index in [1.54, 1.807) is 0 Å². The second-order valence-electron chi connectivity index (χ2n) is 5.53. The summed E-state index contributed by atoms with van der Waals surface area (Å²) in [6, 6.07) is 0. The van der Waals surface area contributed by atoms with Gasteiger partial charge in [0.15, 0.2) is 0 Å². The lowest BCUT2D eigenvalue weighted by Gasteiger charge is -2.34. The first-order chi connectivity index (χ1) is 9.29. The van der Waals surface area contributed by atoms with Crippen molar-refractivity contribution in [1.82, 2.24) is 14.3 Å². The Morgan fingerprint density at radius 2 is 2.00 bits per heavy atom.